The van der Waals surface area contributed by atoms with Crippen LogP contribution in [0.2, 0.25) is 5.02 Å². The van der Waals surface area contributed by atoms with Gasteiger partial charge in [0.05, 0.1) is 13.7 Å². The third-order valence-corrected chi connectivity index (χ3v) is 2.44. The number of carbonyl (C=O) groups excluding carboxylic acids is 1. The first-order chi connectivity index (χ1) is 8.02. The zero-order chi connectivity index (χ0) is 13.0. The summed E-state index contributed by atoms with van der Waals surface area (Å²) in [6.07, 6.45) is -1.55. The van der Waals surface area contributed by atoms with Crippen LogP contribution in [0.5, 0.6) is 5.75 Å². The van der Waals surface area contributed by atoms with E-state index in [1.54, 1.807) is 6.92 Å². The predicted octanol–water partition coefficient (Wildman–Crippen LogP) is 2.08. The fourth-order valence-corrected chi connectivity index (χ4v) is 1.57. The Balaban J connectivity index is 3.13. The van der Waals surface area contributed by atoms with Crippen LogP contribution in [0.15, 0.2) is 12.1 Å². The second kappa shape index (κ2) is 5.84. The molecule has 94 valence electrons. The zero-order valence-electron chi connectivity index (χ0n) is 9.37. The normalized spacial score (nSPS) is 12.1. The highest BCUT2D eigenvalue weighted by atomic mass is 35.5. The average Bonchev–Trinajstić information content (AvgIpc) is 2.31. The van der Waals surface area contributed by atoms with E-state index in [2.05, 4.69) is 4.74 Å². The molecular formula is C11H12ClFO4. The van der Waals surface area contributed by atoms with Crippen LogP contribution in [0.3, 0.4) is 0 Å². The maximum absolute atomic E-state index is 13.1. The van der Waals surface area contributed by atoms with E-state index in [0.29, 0.717) is 0 Å². The standard InChI is InChI=1S/C11H12ClFO4/c1-3-17-11(15)9(14)6-4-5-7(13)8(12)10(6)16-2/h4-5,9,14H,3H2,1-2H3. The molecule has 1 atom stereocenters. The Morgan fingerprint density at radius 3 is 2.76 bits per heavy atom. The monoisotopic (exact) mass is 262 g/mol. The van der Waals surface area contributed by atoms with Crippen molar-refractivity contribution >= 4 is 17.6 Å². The molecule has 1 unspecified atom stereocenters. The highest BCUT2D eigenvalue weighted by molar-refractivity contribution is 6.32. The number of benzene rings is 1. The first-order valence-electron chi connectivity index (χ1n) is 4.89. The molecule has 1 rings (SSSR count). The Bertz CT molecular complexity index is 422. The number of rotatable bonds is 4. The molecule has 0 heterocycles. The molecule has 0 saturated heterocycles. The molecule has 1 aromatic carbocycles. The number of esters is 1. The number of aliphatic hydroxyl groups excluding tert-OH is 1. The van der Waals surface area contributed by atoms with E-state index in [4.69, 9.17) is 16.3 Å². The molecule has 0 spiro atoms. The second-order valence-electron chi connectivity index (χ2n) is 3.14. The summed E-state index contributed by atoms with van der Waals surface area (Å²) in [5.41, 5.74) is 0.0670. The van der Waals surface area contributed by atoms with Crippen LogP contribution < -0.4 is 4.74 Å². The van der Waals surface area contributed by atoms with Gasteiger partial charge in [0.1, 0.15) is 16.6 Å². The molecule has 0 saturated carbocycles. The van der Waals surface area contributed by atoms with Gasteiger partial charge in [0.2, 0.25) is 0 Å². The topological polar surface area (TPSA) is 55.8 Å². The van der Waals surface area contributed by atoms with Crippen molar-refractivity contribution in [2.45, 2.75) is 13.0 Å². The van der Waals surface area contributed by atoms with E-state index < -0.39 is 17.9 Å². The van der Waals surface area contributed by atoms with Crippen LogP contribution in [-0.2, 0) is 9.53 Å². The number of ether oxygens (including phenoxy) is 2. The highest BCUT2D eigenvalue weighted by Gasteiger charge is 2.25. The average molecular weight is 263 g/mol. The molecule has 17 heavy (non-hydrogen) atoms. The van der Waals surface area contributed by atoms with E-state index in [1.165, 1.54) is 13.2 Å². The van der Waals surface area contributed by atoms with Gasteiger partial charge in [-0.15, -0.1) is 0 Å². The molecule has 1 aromatic rings. The maximum Gasteiger partial charge on any atom is 0.339 e. The van der Waals surface area contributed by atoms with Crippen LogP contribution in [0.4, 0.5) is 4.39 Å². The Hall–Kier alpha value is -1.33. The van der Waals surface area contributed by atoms with Gasteiger partial charge in [-0.3, -0.25) is 0 Å². The van der Waals surface area contributed by atoms with Gasteiger partial charge < -0.3 is 14.6 Å². The molecule has 6 heteroatoms. The van der Waals surface area contributed by atoms with E-state index >= 15 is 0 Å². The first kappa shape index (κ1) is 13.7. The molecule has 1 N–H and O–H groups in total. The summed E-state index contributed by atoms with van der Waals surface area (Å²) < 4.78 is 22.7. The van der Waals surface area contributed by atoms with Gasteiger partial charge in [-0.1, -0.05) is 11.6 Å². The summed E-state index contributed by atoms with van der Waals surface area (Å²) in [6.45, 7) is 1.74. The van der Waals surface area contributed by atoms with Gasteiger partial charge in [-0.25, -0.2) is 9.18 Å². The molecular weight excluding hydrogens is 251 g/mol. The fourth-order valence-electron chi connectivity index (χ4n) is 1.32. The van der Waals surface area contributed by atoms with Gasteiger partial charge in [0, 0.05) is 5.56 Å². The summed E-state index contributed by atoms with van der Waals surface area (Å²) in [5.74, 6) is -1.61. The lowest BCUT2D eigenvalue weighted by atomic mass is 10.1. The van der Waals surface area contributed by atoms with Crippen LogP contribution in [0.1, 0.15) is 18.6 Å². The number of methoxy groups -OCH3 is 1. The number of hydrogen-bond donors (Lipinski definition) is 1. The fraction of sp³-hybridized carbons (Fsp3) is 0.364. The summed E-state index contributed by atoms with van der Waals surface area (Å²) in [5, 5.41) is 9.43. The number of aliphatic hydroxyl groups is 1. The molecule has 0 bridgehead atoms. The largest absolute Gasteiger partial charge is 0.495 e. The van der Waals surface area contributed by atoms with Crippen LogP contribution in [0, 0.1) is 5.82 Å². The Morgan fingerprint density at radius 2 is 2.24 bits per heavy atom. The van der Waals surface area contributed by atoms with E-state index in [-0.39, 0.29) is 22.9 Å². The van der Waals surface area contributed by atoms with Gasteiger partial charge in [0.25, 0.3) is 0 Å². The minimum absolute atomic E-state index is 0.0670. The first-order valence-corrected chi connectivity index (χ1v) is 5.27. The lowest BCUT2D eigenvalue weighted by Gasteiger charge is -2.14. The molecule has 0 fully saturated rings. The minimum Gasteiger partial charge on any atom is -0.495 e. The van der Waals surface area contributed by atoms with Crippen molar-refractivity contribution < 1.29 is 23.8 Å². The van der Waals surface area contributed by atoms with Crippen molar-refractivity contribution in [3.05, 3.63) is 28.5 Å². The van der Waals surface area contributed by atoms with E-state index in [9.17, 15) is 14.3 Å². The summed E-state index contributed by atoms with van der Waals surface area (Å²) in [7, 11) is 1.27. The van der Waals surface area contributed by atoms with Crippen LogP contribution >= 0.6 is 11.6 Å². The third-order valence-electron chi connectivity index (χ3n) is 2.09. The SMILES string of the molecule is CCOC(=O)C(O)c1ccc(F)c(Cl)c1OC. The molecule has 0 radical (unpaired) electrons. The molecule has 4 nitrogen and oxygen atoms in total. The van der Waals surface area contributed by atoms with Gasteiger partial charge >= 0.3 is 5.97 Å². The Labute approximate surface area is 103 Å². The lowest BCUT2D eigenvalue weighted by Crippen LogP contribution is -2.16. The highest BCUT2D eigenvalue weighted by Crippen LogP contribution is 2.35. The number of hydrogen-bond acceptors (Lipinski definition) is 4. The van der Waals surface area contributed by atoms with Crippen LogP contribution in [-0.4, -0.2) is 24.8 Å². The number of carbonyl (C=O) groups is 1. The van der Waals surface area contributed by atoms with Gasteiger partial charge in [-0.2, -0.15) is 0 Å². The number of halogens is 2. The third kappa shape index (κ3) is 2.87. The van der Waals surface area contributed by atoms with Crippen molar-refractivity contribution in [1.82, 2.24) is 0 Å². The quantitative estimate of drug-likeness (QED) is 0.844. The second-order valence-corrected chi connectivity index (χ2v) is 3.52. The van der Waals surface area contributed by atoms with Crippen molar-refractivity contribution in [3.8, 4) is 5.75 Å². The summed E-state index contributed by atoms with van der Waals surface area (Å²) in [4.78, 5) is 11.3. The smallest absolute Gasteiger partial charge is 0.339 e. The molecule has 0 amide bonds. The molecule has 0 aromatic heterocycles. The minimum atomic E-state index is -1.55. The Kier molecular flexibility index (Phi) is 4.72. The van der Waals surface area contributed by atoms with Crippen molar-refractivity contribution in [1.29, 1.82) is 0 Å². The van der Waals surface area contributed by atoms with Crippen molar-refractivity contribution in [3.63, 3.8) is 0 Å². The molecule has 0 aliphatic carbocycles. The zero-order valence-corrected chi connectivity index (χ0v) is 10.1. The predicted molar refractivity (Wildman–Crippen MR) is 59.6 cm³/mol. The van der Waals surface area contributed by atoms with Crippen molar-refractivity contribution in [2.75, 3.05) is 13.7 Å². The molecule has 0 aliphatic rings. The maximum atomic E-state index is 13.1. The van der Waals surface area contributed by atoms with E-state index in [1.807, 2.05) is 0 Å². The van der Waals surface area contributed by atoms with Gasteiger partial charge in [-0.05, 0) is 19.1 Å². The van der Waals surface area contributed by atoms with Crippen LogP contribution in [0.25, 0.3) is 0 Å². The lowest BCUT2D eigenvalue weighted by molar-refractivity contribution is -0.153. The summed E-state index contributed by atoms with van der Waals surface area (Å²) >= 11 is 5.66. The van der Waals surface area contributed by atoms with E-state index in [0.717, 1.165) is 6.07 Å². The Morgan fingerprint density at radius 1 is 1.59 bits per heavy atom. The summed E-state index contributed by atoms with van der Waals surface area (Å²) in [6, 6.07) is 2.27. The van der Waals surface area contributed by atoms with Gasteiger partial charge in [0.15, 0.2) is 6.10 Å². The molecule has 0 aliphatic heterocycles. The van der Waals surface area contributed by atoms with Crippen molar-refractivity contribution in [2.24, 2.45) is 0 Å².